The molecule has 1 fully saturated rings. The zero-order valence-electron chi connectivity index (χ0n) is 15.7. The van der Waals surface area contributed by atoms with Crippen molar-refractivity contribution in [2.24, 2.45) is 5.92 Å². The van der Waals surface area contributed by atoms with Crippen LogP contribution in [0.15, 0.2) is 42.6 Å². The minimum Gasteiger partial charge on any atom is -0.360 e. The third-order valence-corrected chi connectivity index (χ3v) is 6.20. The molecule has 3 aromatic rings. The first kappa shape index (κ1) is 20.4. The van der Waals surface area contributed by atoms with Gasteiger partial charge in [-0.1, -0.05) is 23.2 Å². The van der Waals surface area contributed by atoms with Gasteiger partial charge in [-0.05, 0) is 37.1 Å². The van der Waals surface area contributed by atoms with E-state index in [-0.39, 0.29) is 23.3 Å². The van der Waals surface area contributed by atoms with Gasteiger partial charge in [0.15, 0.2) is 5.78 Å². The number of hydrogen-bond donors (Lipinski definition) is 1. The number of likely N-dealkylation sites (tertiary alicyclic amines) is 1. The number of nitro benzene ring substituents is 1. The lowest BCUT2D eigenvalue weighted by atomic mass is 9.88. The maximum absolute atomic E-state index is 13.0. The molecule has 4 rings (SSSR count). The molecule has 1 amide bonds. The summed E-state index contributed by atoms with van der Waals surface area (Å²) in [5.41, 5.74) is 1.50. The number of ketones is 1. The molecule has 0 bridgehead atoms. The molecule has 1 aromatic heterocycles. The van der Waals surface area contributed by atoms with Gasteiger partial charge in [-0.25, -0.2) is 0 Å². The van der Waals surface area contributed by atoms with Crippen molar-refractivity contribution in [2.75, 3.05) is 13.1 Å². The lowest BCUT2D eigenvalue weighted by Crippen LogP contribution is -2.40. The standard InChI is InChI=1S/C21H17Cl2N3O4/c22-17-3-1-13(9-18(17)23)20(27)12-5-7-25(8-6-12)21(28)16-11-24-19-4-2-14(26(29)30)10-15(16)19/h1-4,9-12,24H,5-8H2. The Morgan fingerprint density at radius 2 is 1.80 bits per heavy atom. The summed E-state index contributed by atoms with van der Waals surface area (Å²) in [6.07, 6.45) is 2.64. The summed E-state index contributed by atoms with van der Waals surface area (Å²) in [7, 11) is 0. The lowest BCUT2D eigenvalue weighted by molar-refractivity contribution is -0.384. The second-order valence-electron chi connectivity index (χ2n) is 7.25. The van der Waals surface area contributed by atoms with E-state index >= 15 is 0 Å². The SMILES string of the molecule is O=C(c1ccc(Cl)c(Cl)c1)C1CCN(C(=O)c2c[nH]c3ccc([N+](=O)[O-])cc23)CC1. The van der Waals surface area contributed by atoms with Crippen LogP contribution in [0.3, 0.4) is 0 Å². The highest BCUT2D eigenvalue weighted by molar-refractivity contribution is 6.42. The van der Waals surface area contributed by atoms with Crippen LogP contribution in [0, 0.1) is 16.0 Å². The molecule has 0 radical (unpaired) electrons. The number of halogens is 2. The van der Waals surface area contributed by atoms with Crippen LogP contribution in [0.2, 0.25) is 10.0 Å². The summed E-state index contributed by atoms with van der Waals surface area (Å²) in [6, 6.07) is 9.22. The smallest absolute Gasteiger partial charge is 0.270 e. The molecule has 0 spiro atoms. The first-order valence-electron chi connectivity index (χ1n) is 9.39. The Hall–Kier alpha value is -2.90. The van der Waals surface area contributed by atoms with E-state index in [1.807, 2.05) is 0 Å². The van der Waals surface area contributed by atoms with Crippen molar-refractivity contribution in [1.29, 1.82) is 0 Å². The molecule has 154 valence electrons. The fourth-order valence-corrected chi connectivity index (χ4v) is 4.10. The third-order valence-electron chi connectivity index (χ3n) is 5.46. The molecule has 0 unspecified atom stereocenters. The number of non-ortho nitro benzene ring substituents is 1. The topological polar surface area (TPSA) is 96.3 Å². The Balaban J connectivity index is 1.47. The van der Waals surface area contributed by atoms with Crippen LogP contribution in [-0.4, -0.2) is 39.6 Å². The monoisotopic (exact) mass is 445 g/mol. The number of benzene rings is 2. The minimum absolute atomic E-state index is 0.0108. The van der Waals surface area contributed by atoms with E-state index in [1.165, 1.54) is 12.1 Å². The van der Waals surface area contributed by atoms with E-state index in [2.05, 4.69) is 4.98 Å². The highest BCUT2D eigenvalue weighted by Gasteiger charge is 2.29. The molecular formula is C21H17Cl2N3O4. The molecule has 2 aromatic carbocycles. The Bertz CT molecular complexity index is 1170. The summed E-state index contributed by atoms with van der Waals surface area (Å²) in [4.78, 5) is 41.0. The summed E-state index contributed by atoms with van der Waals surface area (Å²) < 4.78 is 0. The second-order valence-corrected chi connectivity index (χ2v) is 8.06. The summed E-state index contributed by atoms with van der Waals surface area (Å²) in [6.45, 7) is 0.857. The zero-order chi connectivity index (χ0) is 21.4. The van der Waals surface area contributed by atoms with Gasteiger partial charge < -0.3 is 9.88 Å². The number of hydrogen-bond acceptors (Lipinski definition) is 4. The van der Waals surface area contributed by atoms with Gasteiger partial charge in [0, 0.05) is 53.8 Å². The molecular weight excluding hydrogens is 429 g/mol. The quantitative estimate of drug-likeness (QED) is 0.342. The largest absolute Gasteiger partial charge is 0.360 e. The predicted molar refractivity (Wildman–Crippen MR) is 114 cm³/mol. The van der Waals surface area contributed by atoms with Crippen molar-refractivity contribution in [2.45, 2.75) is 12.8 Å². The maximum atomic E-state index is 13.0. The van der Waals surface area contributed by atoms with Gasteiger partial charge >= 0.3 is 0 Å². The number of nitrogens with one attached hydrogen (secondary N) is 1. The summed E-state index contributed by atoms with van der Waals surface area (Å²) in [5.74, 6) is -0.416. The van der Waals surface area contributed by atoms with Crippen LogP contribution in [0.1, 0.15) is 33.6 Å². The number of H-pyrrole nitrogens is 1. The average molecular weight is 446 g/mol. The zero-order valence-corrected chi connectivity index (χ0v) is 17.2. The number of carbonyl (C=O) groups is 2. The number of amides is 1. The molecule has 1 aliphatic rings. The van der Waals surface area contributed by atoms with Crippen molar-refractivity contribution < 1.29 is 14.5 Å². The third kappa shape index (κ3) is 3.78. The molecule has 30 heavy (non-hydrogen) atoms. The van der Waals surface area contributed by atoms with Crippen molar-refractivity contribution in [3.05, 3.63) is 73.9 Å². The molecule has 1 aliphatic heterocycles. The van der Waals surface area contributed by atoms with Gasteiger partial charge in [0.25, 0.3) is 11.6 Å². The predicted octanol–water partition coefficient (Wildman–Crippen LogP) is 5.12. The van der Waals surface area contributed by atoms with Crippen LogP contribution < -0.4 is 0 Å². The van der Waals surface area contributed by atoms with Gasteiger partial charge in [-0.15, -0.1) is 0 Å². The fraction of sp³-hybridized carbons (Fsp3) is 0.238. The molecule has 0 aliphatic carbocycles. The van der Waals surface area contributed by atoms with Gasteiger partial charge in [0.1, 0.15) is 0 Å². The maximum Gasteiger partial charge on any atom is 0.270 e. The number of Topliss-reactive ketones (excluding diaryl/α,β-unsaturated/α-hetero) is 1. The number of nitrogens with zero attached hydrogens (tertiary/aromatic N) is 2. The number of rotatable bonds is 4. The van der Waals surface area contributed by atoms with Gasteiger partial charge in [-0.2, -0.15) is 0 Å². The highest BCUT2D eigenvalue weighted by atomic mass is 35.5. The van der Waals surface area contributed by atoms with E-state index in [9.17, 15) is 19.7 Å². The number of nitro groups is 1. The van der Waals surface area contributed by atoms with Crippen molar-refractivity contribution in [3.8, 4) is 0 Å². The van der Waals surface area contributed by atoms with Crippen LogP contribution >= 0.6 is 23.2 Å². The normalized spacial score (nSPS) is 14.8. The lowest BCUT2D eigenvalue weighted by Gasteiger charge is -2.31. The molecule has 7 nitrogen and oxygen atoms in total. The first-order valence-corrected chi connectivity index (χ1v) is 10.1. The molecule has 9 heteroatoms. The van der Waals surface area contributed by atoms with Crippen LogP contribution in [0.25, 0.3) is 10.9 Å². The van der Waals surface area contributed by atoms with Crippen LogP contribution in [0.4, 0.5) is 5.69 Å². The number of carbonyl (C=O) groups excluding carboxylic acids is 2. The van der Waals surface area contributed by atoms with Crippen molar-refractivity contribution in [3.63, 3.8) is 0 Å². The Morgan fingerprint density at radius 1 is 1.07 bits per heavy atom. The molecule has 1 saturated heterocycles. The Labute approximate surface area is 181 Å². The second kappa shape index (κ2) is 8.08. The first-order chi connectivity index (χ1) is 14.3. The van der Waals surface area contributed by atoms with Crippen molar-refractivity contribution >= 4 is 51.5 Å². The number of aromatic nitrogens is 1. The number of piperidine rings is 1. The summed E-state index contributed by atoms with van der Waals surface area (Å²) >= 11 is 11.9. The van der Waals surface area contributed by atoms with E-state index in [4.69, 9.17) is 23.2 Å². The van der Waals surface area contributed by atoms with Gasteiger partial charge in [0.05, 0.1) is 20.5 Å². The number of aromatic amines is 1. The Morgan fingerprint density at radius 3 is 2.47 bits per heavy atom. The highest BCUT2D eigenvalue weighted by Crippen LogP contribution is 2.29. The molecule has 1 N–H and O–H groups in total. The van der Waals surface area contributed by atoms with Crippen LogP contribution in [0.5, 0.6) is 0 Å². The molecule has 0 saturated carbocycles. The minimum atomic E-state index is -0.485. The fourth-order valence-electron chi connectivity index (χ4n) is 3.80. The summed E-state index contributed by atoms with van der Waals surface area (Å²) in [5, 5.41) is 12.3. The van der Waals surface area contributed by atoms with Gasteiger partial charge in [0.2, 0.25) is 0 Å². The van der Waals surface area contributed by atoms with E-state index in [0.717, 1.165) is 0 Å². The molecule has 0 atom stereocenters. The Kier molecular flexibility index (Phi) is 5.49. The van der Waals surface area contributed by atoms with E-state index < -0.39 is 4.92 Å². The van der Waals surface area contributed by atoms with Crippen LogP contribution in [-0.2, 0) is 0 Å². The average Bonchev–Trinajstić information content (AvgIpc) is 3.18. The van der Waals surface area contributed by atoms with E-state index in [1.54, 1.807) is 35.4 Å². The number of fused-ring (bicyclic) bond motifs is 1. The van der Waals surface area contributed by atoms with Gasteiger partial charge in [-0.3, -0.25) is 19.7 Å². The molecule has 2 heterocycles. The van der Waals surface area contributed by atoms with Crippen molar-refractivity contribution in [1.82, 2.24) is 9.88 Å². The van der Waals surface area contributed by atoms with E-state index in [0.29, 0.717) is 58.0 Å².